The van der Waals surface area contributed by atoms with Crippen LogP contribution in [0, 0.1) is 0 Å². The molecule has 21 heavy (non-hydrogen) atoms. The van der Waals surface area contributed by atoms with E-state index in [0.717, 1.165) is 25.5 Å². The molecule has 0 saturated heterocycles. The Hall–Kier alpha value is -1.63. The number of aldehydes is 2. The Balaban J connectivity index is 0.000000382. The molecule has 0 aromatic carbocycles. The van der Waals surface area contributed by atoms with Crippen molar-refractivity contribution in [1.82, 2.24) is 4.98 Å². The van der Waals surface area contributed by atoms with Crippen molar-refractivity contribution < 1.29 is 24.2 Å². The van der Waals surface area contributed by atoms with Crippen molar-refractivity contribution >= 4 is 12.6 Å². The Kier molecular flexibility index (Phi) is 12.3. The summed E-state index contributed by atoms with van der Waals surface area (Å²) in [5.41, 5.74) is 1.10. The molecule has 0 bridgehead atoms. The first-order chi connectivity index (χ1) is 10.2. The molecule has 0 aliphatic heterocycles. The van der Waals surface area contributed by atoms with Crippen LogP contribution in [0.5, 0.6) is 0 Å². The van der Waals surface area contributed by atoms with Crippen LogP contribution in [-0.2, 0) is 20.9 Å². The van der Waals surface area contributed by atoms with Gasteiger partial charge in [-0.1, -0.05) is 0 Å². The second kappa shape index (κ2) is 13.4. The number of aromatic nitrogens is 1. The highest BCUT2D eigenvalue weighted by atomic mass is 16.7. The number of carbonyl (C=O) groups is 2. The summed E-state index contributed by atoms with van der Waals surface area (Å²) in [6.45, 7) is -0.0842. The summed E-state index contributed by atoms with van der Waals surface area (Å²) in [5.74, 6) is 0. The predicted octanol–water partition coefficient (Wildman–Crippen LogP) is 1.75. The maximum Gasteiger partial charge on any atom is 0.156 e. The molecule has 0 unspecified atom stereocenters. The first kappa shape index (κ1) is 19.4. The molecule has 1 heterocycles. The summed E-state index contributed by atoms with van der Waals surface area (Å²) in [4.78, 5) is 23.8. The van der Waals surface area contributed by atoms with Crippen LogP contribution in [-0.4, -0.2) is 43.2 Å². The number of hydrogen-bond donors (Lipinski definition) is 1. The third-order valence-corrected chi connectivity index (χ3v) is 2.68. The highest BCUT2D eigenvalue weighted by Crippen LogP contribution is 2.05. The number of aliphatic hydroxyl groups excluding tert-OH is 1. The summed E-state index contributed by atoms with van der Waals surface area (Å²) in [6, 6.07) is 3.23. The number of rotatable bonds is 9. The van der Waals surface area contributed by atoms with Crippen molar-refractivity contribution in [1.29, 1.82) is 0 Å². The Morgan fingerprint density at radius 2 is 1.95 bits per heavy atom. The number of carbonyl (C=O) groups excluding carboxylic acids is 2. The molecular weight excluding hydrogens is 274 g/mol. The fraction of sp³-hybridized carbons (Fsp3) is 0.533. The van der Waals surface area contributed by atoms with Crippen LogP contribution in [0.25, 0.3) is 0 Å². The molecule has 0 spiro atoms. The third-order valence-electron chi connectivity index (χ3n) is 2.68. The van der Waals surface area contributed by atoms with E-state index in [1.54, 1.807) is 26.4 Å². The lowest BCUT2D eigenvalue weighted by Gasteiger charge is -2.11. The monoisotopic (exact) mass is 297 g/mol. The van der Waals surface area contributed by atoms with Crippen LogP contribution in [0.1, 0.15) is 41.7 Å². The van der Waals surface area contributed by atoms with Gasteiger partial charge in [-0.05, 0) is 31.4 Å². The number of aliphatic hydroxyl groups is 1. The zero-order chi connectivity index (χ0) is 15.9. The van der Waals surface area contributed by atoms with Crippen molar-refractivity contribution in [3.63, 3.8) is 0 Å². The maximum atomic E-state index is 10.1. The molecule has 1 aromatic rings. The van der Waals surface area contributed by atoms with Gasteiger partial charge < -0.3 is 19.4 Å². The summed E-state index contributed by atoms with van der Waals surface area (Å²) in [6.07, 6.45) is 6.38. The van der Waals surface area contributed by atoms with Crippen LogP contribution in [0.3, 0.4) is 0 Å². The largest absolute Gasteiger partial charge is 0.390 e. The number of unbranched alkanes of at least 4 members (excludes halogenated alkanes) is 2. The number of methoxy groups -OCH3 is 2. The Morgan fingerprint density at radius 3 is 2.38 bits per heavy atom. The lowest BCUT2D eigenvalue weighted by molar-refractivity contribution is -0.110. The second-order valence-corrected chi connectivity index (χ2v) is 4.21. The van der Waals surface area contributed by atoms with E-state index in [1.807, 2.05) is 0 Å². The van der Waals surface area contributed by atoms with Crippen molar-refractivity contribution in [2.24, 2.45) is 0 Å². The zero-order valence-electron chi connectivity index (χ0n) is 12.5. The molecule has 0 saturated carbocycles. The smallest absolute Gasteiger partial charge is 0.156 e. The summed E-state index contributed by atoms with van der Waals surface area (Å²) in [7, 11) is 3.24. The zero-order valence-corrected chi connectivity index (χ0v) is 12.5. The third kappa shape index (κ3) is 9.84. The van der Waals surface area contributed by atoms with Crippen molar-refractivity contribution in [3.8, 4) is 0 Å². The lowest BCUT2D eigenvalue weighted by Crippen LogP contribution is -2.12. The quantitative estimate of drug-likeness (QED) is 0.424. The Morgan fingerprint density at radius 1 is 1.24 bits per heavy atom. The number of ether oxygens (including phenoxy) is 2. The maximum absolute atomic E-state index is 10.1. The number of pyridine rings is 1. The average molecular weight is 297 g/mol. The van der Waals surface area contributed by atoms with Crippen molar-refractivity contribution in [2.45, 2.75) is 38.6 Å². The number of nitrogens with zero attached hydrogens (tertiary/aromatic N) is 1. The Labute approximate surface area is 125 Å². The predicted molar refractivity (Wildman–Crippen MR) is 77.9 cm³/mol. The average Bonchev–Trinajstić information content (AvgIpc) is 2.56. The molecular formula is C15H23NO5. The van der Waals surface area contributed by atoms with E-state index >= 15 is 0 Å². The Bertz CT molecular complexity index is 376. The highest BCUT2D eigenvalue weighted by Gasteiger charge is 2.02. The van der Waals surface area contributed by atoms with E-state index < -0.39 is 0 Å². The molecule has 1 aromatic heterocycles. The minimum absolute atomic E-state index is 0.0842. The minimum Gasteiger partial charge on any atom is -0.390 e. The van der Waals surface area contributed by atoms with Gasteiger partial charge in [-0.2, -0.15) is 0 Å². The lowest BCUT2D eigenvalue weighted by atomic mass is 10.2. The standard InChI is InChI=1S/C8H16O3.C7H7NO2/c1-10-8(11-2)6-4-3-5-7-9;9-4-6-1-2-7(5-10)8-3-6/h7-8H,3-6H2,1-2H3;1-4,10H,5H2. The first-order valence-electron chi connectivity index (χ1n) is 6.72. The van der Waals surface area contributed by atoms with Gasteiger partial charge in [-0.15, -0.1) is 0 Å². The summed E-state index contributed by atoms with van der Waals surface area (Å²) in [5, 5.41) is 8.55. The summed E-state index contributed by atoms with van der Waals surface area (Å²) >= 11 is 0. The van der Waals surface area contributed by atoms with Crippen LogP contribution in [0.4, 0.5) is 0 Å². The van der Waals surface area contributed by atoms with E-state index in [0.29, 0.717) is 24.0 Å². The van der Waals surface area contributed by atoms with Crippen molar-refractivity contribution in [2.75, 3.05) is 14.2 Å². The van der Waals surface area contributed by atoms with Crippen molar-refractivity contribution in [3.05, 3.63) is 29.6 Å². The van der Waals surface area contributed by atoms with Gasteiger partial charge in [-0.3, -0.25) is 9.78 Å². The minimum atomic E-state index is -0.110. The number of hydrogen-bond acceptors (Lipinski definition) is 6. The van der Waals surface area contributed by atoms with Crippen LogP contribution < -0.4 is 0 Å². The fourth-order valence-corrected chi connectivity index (χ4v) is 1.47. The molecule has 1 N–H and O–H groups in total. The molecule has 1 rings (SSSR count). The van der Waals surface area contributed by atoms with Gasteiger partial charge in [-0.25, -0.2) is 0 Å². The fourth-order valence-electron chi connectivity index (χ4n) is 1.47. The van der Waals surface area contributed by atoms with Gasteiger partial charge in [0, 0.05) is 32.4 Å². The van der Waals surface area contributed by atoms with Gasteiger partial charge >= 0.3 is 0 Å². The second-order valence-electron chi connectivity index (χ2n) is 4.21. The van der Waals surface area contributed by atoms with Gasteiger partial charge in [0.1, 0.15) is 6.29 Å². The van der Waals surface area contributed by atoms with E-state index in [9.17, 15) is 9.59 Å². The molecule has 0 aliphatic carbocycles. The van der Waals surface area contributed by atoms with E-state index in [2.05, 4.69) is 4.98 Å². The molecule has 0 fully saturated rings. The molecule has 118 valence electrons. The first-order valence-corrected chi connectivity index (χ1v) is 6.72. The molecule has 6 heteroatoms. The molecule has 0 aliphatic rings. The SMILES string of the molecule is COC(CCCCC=O)OC.O=Cc1ccc(CO)nc1. The van der Waals surface area contributed by atoms with Gasteiger partial charge in [0.25, 0.3) is 0 Å². The van der Waals surface area contributed by atoms with E-state index in [4.69, 9.17) is 14.6 Å². The van der Waals surface area contributed by atoms with Gasteiger partial charge in [0.05, 0.1) is 12.3 Å². The summed E-state index contributed by atoms with van der Waals surface area (Å²) < 4.78 is 9.94. The molecule has 0 atom stereocenters. The van der Waals surface area contributed by atoms with Crippen LogP contribution >= 0.6 is 0 Å². The molecule has 0 radical (unpaired) electrons. The van der Waals surface area contributed by atoms with E-state index in [1.165, 1.54) is 6.20 Å². The topological polar surface area (TPSA) is 85.7 Å². The van der Waals surface area contributed by atoms with Gasteiger partial charge in [0.2, 0.25) is 0 Å². The molecule has 6 nitrogen and oxygen atoms in total. The van der Waals surface area contributed by atoms with Crippen LogP contribution in [0.2, 0.25) is 0 Å². The van der Waals surface area contributed by atoms with E-state index in [-0.39, 0.29) is 12.9 Å². The highest BCUT2D eigenvalue weighted by molar-refractivity contribution is 5.73. The molecule has 0 amide bonds. The van der Waals surface area contributed by atoms with Gasteiger partial charge in [0.15, 0.2) is 12.6 Å². The van der Waals surface area contributed by atoms with Crippen LogP contribution in [0.15, 0.2) is 18.3 Å². The normalized spacial score (nSPS) is 9.90.